The van der Waals surface area contributed by atoms with Crippen LogP contribution in [0.25, 0.3) is 0 Å². The molecule has 144 valence electrons. The lowest BCUT2D eigenvalue weighted by Gasteiger charge is -2.39. The van der Waals surface area contributed by atoms with Crippen LogP contribution in [0, 0.1) is 11.7 Å². The lowest BCUT2D eigenvalue weighted by molar-refractivity contribution is -0.128. The Morgan fingerprint density at radius 2 is 1.92 bits per heavy atom. The quantitative estimate of drug-likeness (QED) is 0.889. The predicted molar refractivity (Wildman–Crippen MR) is 98.2 cm³/mol. The number of hydrogen-bond acceptors (Lipinski definition) is 3. The van der Waals surface area contributed by atoms with Gasteiger partial charge in [0.05, 0.1) is 5.92 Å². The highest BCUT2D eigenvalue weighted by Crippen LogP contribution is 2.25. The number of ether oxygens (including phenoxy) is 1. The third-order valence-electron chi connectivity index (χ3n) is 4.58. The van der Waals surface area contributed by atoms with Crippen molar-refractivity contribution in [2.45, 2.75) is 58.6 Å². The molecule has 1 aromatic carbocycles. The Morgan fingerprint density at radius 1 is 1.27 bits per heavy atom. The first kappa shape index (κ1) is 20.2. The summed E-state index contributed by atoms with van der Waals surface area (Å²) in [6.07, 6.45) is 1.81. The molecule has 26 heavy (non-hydrogen) atoms. The summed E-state index contributed by atoms with van der Waals surface area (Å²) < 4.78 is 18.4. The number of piperidine rings is 1. The minimum atomic E-state index is -0.554. The summed E-state index contributed by atoms with van der Waals surface area (Å²) in [4.78, 5) is 26.6. The fraction of sp³-hybridized carbons (Fsp3) is 0.600. The van der Waals surface area contributed by atoms with Gasteiger partial charge in [0.1, 0.15) is 11.4 Å². The van der Waals surface area contributed by atoms with Gasteiger partial charge in [0.25, 0.3) is 0 Å². The van der Waals surface area contributed by atoms with Gasteiger partial charge in [-0.3, -0.25) is 4.79 Å². The molecule has 0 aliphatic carbocycles. The number of carbonyl (C=O) groups excluding carboxylic acids is 2. The number of halogens is 1. The lowest BCUT2D eigenvalue weighted by atomic mass is 9.89. The molecule has 0 bridgehead atoms. The topological polar surface area (TPSA) is 58.6 Å². The summed E-state index contributed by atoms with van der Waals surface area (Å²) in [7, 11) is 0. The zero-order valence-corrected chi connectivity index (χ0v) is 16.0. The first-order valence-electron chi connectivity index (χ1n) is 9.19. The molecular weight excluding hydrogens is 335 g/mol. The third-order valence-corrected chi connectivity index (χ3v) is 4.58. The Labute approximate surface area is 154 Å². The summed E-state index contributed by atoms with van der Waals surface area (Å²) in [5.74, 6) is -0.562. The normalized spacial score (nSPS) is 20.6. The average molecular weight is 364 g/mol. The van der Waals surface area contributed by atoms with Crippen molar-refractivity contribution in [2.24, 2.45) is 5.92 Å². The van der Waals surface area contributed by atoms with Crippen LogP contribution >= 0.6 is 0 Å². The second kappa shape index (κ2) is 8.52. The van der Waals surface area contributed by atoms with E-state index in [9.17, 15) is 14.0 Å². The van der Waals surface area contributed by atoms with Crippen molar-refractivity contribution in [3.05, 3.63) is 35.6 Å². The van der Waals surface area contributed by atoms with Crippen LogP contribution in [0.5, 0.6) is 0 Å². The van der Waals surface area contributed by atoms with Crippen molar-refractivity contribution in [3.8, 4) is 0 Å². The molecule has 2 atom stereocenters. The van der Waals surface area contributed by atoms with Crippen LogP contribution in [0.1, 0.15) is 46.1 Å². The summed E-state index contributed by atoms with van der Waals surface area (Å²) in [5, 5.41) is 2.94. The molecule has 1 N–H and O–H groups in total. The zero-order valence-electron chi connectivity index (χ0n) is 16.0. The first-order valence-corrected chi connectivity index (χ1v) is 9.19. The van der Waals surface area contributed by atoms with Gasteiger partial charge in [-0.2, -0.15) is 0 Å². The van der Waals surface area contributed by atoms with E-state index >= 15 is 0 Å². The number of carbonyl (C=O) groups is 2. The van der Waals surface area contributed by atoms with Gasteiger partial charge in [-0.1, -0.05) is 12.1 Å². The van der Waals surface area contributed by atoms with E-state index in [1.165, 1.54) is 12.1 Å². The van der Waals surface area contributed by atoms with Gasteiger partial charge in [-0.25, -0.2) is 9.18 Å². The van der Waals surface area contributed by atoms with Gasteiger partial charge < -0.3 is 15.0 Å². The molecule has 1 aliphatic rings. The summed E-state index contributed by atoms with van der Waals surface area (Å²) in [5.41, 5.74) is 0.417. The number of amides is 2. The van der Waals surface area contributed by atoms with Crippen LogP contribution < -0.4 is 5.32 Å². The van der Waals surface area contributed by atoms with Gasteiger partial charge >= 0.3 is 6.09 Å². The highest BCUT2D eigenvalue weighted by molar-refractivity contribution is 5.80. The summed E-state index contributed by atoms with van der Waals surface area (Å²) >= 11 is 0. The monoisotopic (exact) mass is 364 g/mol. The molecule has 0 saturated carbocycles. The van der Waals surface area contributed by atoms with Crippen molar-refractivity contribution in [3.63, 3.8) is 0 Å². The Bertz CT molecular complexity index is 625. The van der Waals surface area contributed by atoms with Gasteiger partial charge in [0, 0.05) is 19.1 Å². The molecule has 6 heteroatoms. The standard InChI is InChI=1S/C20H29FN2O3/c1-14-17(6-5-13-23(14)19(25)26-20(2,3)4)18(24)22-12-11-15-7-9-16(21)10-8-15/h7-10,14,17H,5-6,11-13H2,1-4H3,(H,22,24)/t14-,17-/m1/s1. The van der Waals surface area contributed by atoms with Crippen LogP contribution in [-0.2, 0) is 16.0 Å². The fourth-order valence-corrected chi connectivity index (χ4v) is 3.18. The molecule has 0 radical (unpaired) electrons. The van der Waals surface area contributed by atoms with Gasteiger partial charge in [-0.05, 0) is 64.7 Å². The third kappa shape index (κ3) is 5.71. The fourth-order valence-electron chi connectivity index (χ4n) is 3.18. The summed E-state index contributed by atoms with van der Waals surface area (Å²) in [6, 6.07) is 6.06. The van der Waals surface area contributed by atoms with Crippen LogP contribution in [0.2, 0.25) is 0 Å². The Kier molecular flexibility index (Phi) is 6.62. The van der Waals surface area contributed by atoms with E-state index < -0.39 is 5.60 Å². The Morgan fingerprint density at radius 3 is 2.54 bits per heavy atom. The van der Waals surface area contributed by atoms with E-state index in [1.54, 1.807) is 17.0 Å². The second-order valence-electron chi connectivity index (χ2n) is 7.83. The van der Waals surface area contributed by atoms with E-state index in [2.05, 4.69) is 5.32 Å². The lowest BCUT2D eigenvalue weighted by Crippen LogP contribution is -2.52. The molecule has 1 aliphatic heterocycles. The molecule has 5 nitrogen and oxygen atoms in total. The van der Waals surface area contributed by atoms with Gasteiger partial charge in [0.2, 0.25) is 5.91 Å². The van der Waals surface area contributed by atoms with E-state index in [4.69, 9.17) is 4.74 Å². The molecule has 0 unspecified atom stereocenters. The van der Waals surface area contributed by atoms with Crippen LogP contribution in [-0.4, -0.2) is 41.6 Å². The minimum Gasteiger partial charge on any atom is -0.444 e. The molecule has 2 rings (SSSR count). The highest BCUT2D eigenvalue weighted by atomic mass is 19.1. The molecule has 2 amide bonds. The van der Waals surface area contributed by atoms with Crippen LogP contribution in [0.4, 0.5) is 9.18 Å². The summed E-state index contributed by atoms with van der Waals surface area (Å²) in [6.45, 7) is 8.49. The van der Waals surface area contributed by atoms with Crippen LogP contribution in [0.15, 0.2) is 24.3 Å². The van der Waals surface area contributed by atoms with Crippen molar-refractivity contribution in [2.75, 3.05) is 13.1 Å². The Balaban J connectivity index is 1.87. The molecule has 0 aromatic heterocycles. The largest absolute Gasteiger partial charge is 0.444 e. The molecule has 0 spiro atoms. The van der Waals surface area contributed by atoms with Crippen molar-refractivity contribution < 1.29 is 18.7 Å². The minimum absolute atomic E-state index is 0.0483. The predicted octanol–water partition coefficient (Wildman–Crippen LogP) is 3.52. The number of rotatable bonds is 4. The van der Waals surface area contributed by atoms with Gasteiger partial charge in [0.15, 0.2) is 0 Å². The molecular formula is C20H29FN2O3. The second-order valence-corrected chi connectivity index (χ2v) is 7.83. The molecule has 1 fully saturated rings. The maximum absolute atomic E-state index is 12.9. The van der Waals surface area contributed by atoms with E-state index in [0.29, 0.717) is 19.5 Å². The van der Waals surface area contributed by atoms with Crippen LogP contribution in [0.3, 0.4) is 0 Å². The van der Waals surface area contributed by atoms with E-state index in [1.807, 2.05) is 27.7 Å². The van der Waals surface area contributed by atoms with Crippen molar-refractivity contribution in [1.29, 1.82) is 0 Å². The number of nitrogens with one attached hydrogen (secondary N) is 1. The smallest absolute Gasteiger partial charge is 0.410 e. The van der Waals surface area contributed by atoms with Crippen molar-refractivity contribution >= 4 is 12.0 Å². The average Bonchev–Trinajstić information content (AvgIpc) is 2.55. The SMILES string of the molecule is C[C@@H]1[C@H](C(=O)NCCc2ccc(F)cc2)CCCN1C(=O)OC(C)(C)C. The number of nitrogens with zero attached hydrogens (tertiary/aromatic N) is 1. The zero-order chi connectivity index (χ0) is 19.3. The Hall–Kier alpha value is -2.11. The van der Waals surface area contributed by atoms with E-state index in [0.717, 1.165) is 18.4 Å². The maximum atomic E-state index is 12.9. The van der Waals surface area contributed by atoms with Gasteiger partial charge in [-0.15, -0.1) is 0 Å². The first-order chi connectivity index (χ1) is 12.2. The number of benzene rings is 1. The van der Waals surface area contributed by atoms with E-state index in [-0.39, 0.29) is 29.8 Å². The van der Waals surface area contributed by atoms with Crippen molar-refractivity contribution in [1.82, 2.24) is 10.2 Å². The molecule has 1 heterocycles. The number of hydrogen-bond donors (Lipinski definition) is 1. The highest BCUT2D eigenvalue weighted by Gasteiger charge is 2.37. The molecule has 1 saturated heterocycles. The molecule has 1 aromatic rings. The number of likely N-dealkylation sites (tertiary alicyclic amines) is 1. The maximum Gasteiger partial charge on any atom is 0.410 e.